The van der Waals surface area contributed by atoms with Crippen molar-refractivity contribution in [1.29, 1.82) is 0 Å². The monoisotopic (exact) mass is 326 g/mol. The first-order valence-electron chi connectivity index (χ1n) is 5.58. The average Bonchev–Trinajstić information content (AvgIpc) is 2.78. The predicted molar refractivity (Wildman–Crippen MR) is 73.1 cm³/mol. The molecule has 5 nitrogen and oxygen atoms in total. The number of nitrogen functional groups attached to an aromatic ring is 1. The Morgan fingerprint density at radius 1 is 1.53 bits per heavy atom. The highest BCUT2D eigenvalue weighted by Crippen LogP contribution is 2.18. The van der Waals surface area contributed by atoms with Gasteiger partial charge in [-0.3, -0.25) is 9.48 Å². The molecular formula is C12H12BrFN4O. The first-order valence-corrected chi connectivity index (χ1v) is 6.37. The van der Waals surface area contributed by atoms with Crippen LogP contribution < -0.4 is 11.1 Å². The molecule has 0 saturated carbocycles. The quantitative estimate of drug-likeness (QED) is 0.899. The lowest BCUT2D eigenvalue weighted by molar-refractivity contribution is 0.0948. The highest BCUT2D eigenvalue weighted by molar-refractivity contribution is 9.10. The Morgan fingerprint density at radius 3 is 3.00 bits per heavy atom. The smallest absolute Gasteiger partial charge is 0.254 e. The van der Waals surface area contributed by atoms with Crippen LogP contribution in [0.1, 0.15) is 10.4 Å². The van der Waals surface area contributed by atoms with Crippen LogP contribution in [0, 0.1) is 5.82 Å². The molecule has 2 rings (SSSR count). The Balaban J connectivity index is 1.93. The highest BCUT2D eigenvalue weighted by atomic mass is 79.9. The molecule has 0 saturated heterocycles. The number of halogens is 2. The summed E-state index contributed by atoms with van der Waals surface area (Å²) in [6, 6.07) is 4.58. The number of amides is 1. The van der Waals surface area contributed by atoms with E-state index in [2.05, 4.69) is 26.3 Å². The summed E-state index contributed by atoms with van der Waals surface area (Å²) in [5, 5.41) is 6.60. The Labute approximate surface area is 117 Å². The van der Waals surface area contributed by atoms with E-state index in [1.807, 2.05) is 0 Å². The molecule has 0 aliphatic heterocycles. The van der Waals surface area contributed by atoms with Crippen molar-refractivity contribution < 1.29 is 9.18 Å². The van der Waals surface area contributed by atoms with Crippen LogP contribution in [0.25, 0.3) is 0 Å². The lowest BCUT2D eigenvalue weighted by Gasteiger charge is -2.07. The molecule has 0 aliphatic carbocycles. The van der Waals surface area contributed by atoms with Crippen LogP contribution >= 0.6 is 15.9 Å². The van der Waals surface area contributed by atoms with Crippen molar-refractivity contribution >= 4 is 27.5 Å². The van der Waals surface area contributed by atoms with E-state index in [9.17, 15) is 9.18 Å². The van der Waals surface area contributed by atoms with Crippen molar-refractivity contribution in [2.24, 2.45) is 0 Å². The Kier molecular flexibility index (Phi) is 4.16. The van der Waals surface area contributed by atoms with Gasteiger partial charge in [0.05, 0.1) is 28.5 Å². The number of carbonyl (C=O) groups is 1. The molecule has 2 aromatic rings. The summed E-state index contributed by atoms with van der Waals surface area (Å²) in [7, 11) is 0. The van der Waals surface area contributed by atoms with Gasteiger partial charge in [0.15, 0.2) is 0 Å². The van der Waals surface area contributed by atoms with Crippen molar-refractivity contribution in [3.05, 3.63) is 46.4 Å². The molecule has 0 unspecified atom stereocenters. The van der Waals surface area contributed by atoms with Crippen LogP contribution in [-0.2, 0) is 6.54 Å². The fraction of sp³-hybridized carbons (Fsp3) is 0.167. The van der Waals surface area contributed by atoms with Gasteiger partial charge in [-0.05, 0) is 28.1 Å². The molecule has 0 spiro atoms. The molecular weight excluding hydrogens is 315 g/mol. The van der Waals surface area contributed by atoms with Gasteiger partial charge in [-0.1, -0.05) is 6.07 Å². The van der Waals surface area contributed by atoms with Gasteiger partial charge in [0.25, 0.3) is 5.91 Å². The average molecular weight is 327 g/mol. The van der Waals surface area contributed by atoms with Crippen molar-refractivity contribution in [1.82, 2.24) is 15.1 Å². The molecule has 1 amide bonds. The maximum absolute atomic E-state index is 13.7. The molecule has 0 fully saturated rings. The molecule has 100 valence electrons. The topological polar surface area (TPSA) is 72.9 Å². The standard InChI is InChI=1S/C12H12BrFN4O/c13-10-3-1-2-9(11(10)14)12(19)16-4-5-18-7-8(15)6-17-18/h1-3,6-7H,4-5,15H2,(H,16,19). The largest absolute Gasteiger partial charge is 0.396 e. The van der Waals surface area contributed by atoms with E-state index >= 15 is 0 Å². The van der Waals surface area contributed by atoms with Crippen molar-refractivity contribution in [2.45, 2.75) is 6.54 Å². The summed E-state index contributed by atoms with van der Waals surface area (Å²) in [6.45, 7) is 0.810. The van der Waals surface area contributed by atoms with E-state index in [0.29, 0.717) is 18.8 Å². The third kappa shape index (κ3) is 3.31. The number of carbonyl (C=O) groups excluding carboxylic acids is 1. The molecule has 0 aliphatic rings. The first-order chi connectivity index (χ1) is 9.08. The van der Waals surface area contributed by atoms with Crippen LogP contribution in [0.2, 0.25) is 0 Å². The van der Waals surface area contributed by atoms with E-state index in [1.165, 1.54) is 12.3 Å². The van der Waals surface area contributed by atoms with E-state index in [-0.39, 0.29) is 10.0 Å². The van der Waals surface area contributed by atoms with Gasteiger partial charge in [-0.15, -0.1) is 0 Å². The first kappa shape index (κ1) is 13.5. The summed E-state index contributed by atoms with van der Waals surface area (Å²) in [6.07, 6.45) is 3.18. The Morgan fingerprint density at radius 2 is 2.32 bits per heavy atom. The number of anilines is 1. The minimum atomic E-state index is -0.566. The van der Waals surface area contributed by atoms with Crippen molar-refractivity contribution in [3.8, 4) is 0 Å². The maximum Gasteiger partial charge on any atom is 0.254 e. The van der Waals surface area contributed by atoms with Crippen molar-refractivity contribution in [2.75, 3.05) is 12.3 Å². The molecule has 1 aromatic heterocycles. The fourth-order valence-electron chi connectivity index (χ4n) is 1.56. The third-order valence-corrected chi connectivity index (χ3v) is 3.09. The predicted octanol–water partition coefficient (Wildman–Crippen LogP) is 1.80. The van der Waals surface area contributed by atoms with Crippen LogP contribution in [0.3, 0.4) is 0 Å². The maximum atomic E-state index is 13.7. The van der Waals surface area contributed by atoms with Gasteiger partial charge in [-0.25, -0.2) is 4.39 Å². The molecule has 1 heterocycles. The fourth-order valence-corrected chi connectivity index (χ4v) is 1.93. The number of nitrogens with one attached hydrogen (secondary N) is 1. The zero-order valence-corrected chi connectivity index (χ0v) is 11.5. The molecule has 1 aromatic carbocycles. The number of hydrogen-bond donors (Lipinski definition) is 2. The lowest BCUT2D eigenvalue weighted by atomic mass is 10.2. The Bertz CT molecular complexity index is 599. The van der Waals surface area contributed by atoms with Crippen LogP contribution in [0.15, 0.2) is 35.1 Å². The van der Waals surface area contributed by atoms with E-state index in [4.69, 9.17) is 5.73 Å². The molecule has 3 N–H and O–H groups in total. The van der Waals surface area contributed by atoms with Crippen LogP contribution in [0.5, 0.6) is 0 Å². The molecule has 0 radical (unpaired) electrons. The number of nitrogens with zero attached hydrogens (tertiary/aromatic N) is 2. The minimum Gasteiger partial charge on any atom is -0.396 e. The molecule has 0 atom stereocenters. The highest BCUT2D eigenvalue weighted by Gasteiger charge is 2.13. The zero-order valence-electron chi connectivity index (χ0n) is 9.94. The van der Waals surface area contributed by atoms with Crippen molar-refractivity contribution in [3.63, 3.8) is 0 Å². The number of aromatic nitrogens is 2. The second-order valence-corrected chi connectivity index (χ2v) is 4.75. The molecule has 0 bridgehead atoms. The molecule has 19 heavy (non-hydrogen) atoms. The summed E-state index contributed by atoms with van der Waals surface area (Å²) >= 11 is 3.04. The number of rotatable bonds is 4. The second-order valence-electron chi connectivity index (χ2n) is 3.89. The van der Waals surface area contributed by atoms with E-state index in [0.717, 1.165) is 0 Å². The lowest BCUT2D eigenvalue weighted by Crippen LogP contribution is -2.28. The summed E-state index contributed by atoms with van der Waals surface area (Å²) < 4.78 is 15.5. The van der Waals surface area contributed by atoms with Gasteiger partial charge in [0.2, 0.25) is 0 Å². The Hall–Kier alpha value is -1.89. The second kappa shape index (κ2) is 5.83. The van der Waals surface area contributed by atoms with Gasteiger partial charge in [0.1, 0.15) is 5.82 Å². The summed E-state index contributed by atoms with van der Waals surface area (Å²) in [4.78, 5) is 11.8. The number of benzene rings is 1. The SMILES string of the molecule is Nc1cnn(CCNC(=O)c2cccc(Br)c2F)c1. The van der Waals surface area contributed by atoms with E-state index < -0.39 is 11.7 Å². The van der Waals surface area contributed by atoms with Crippen LogP contribution in [-0.4, -0.2) is 22.2 Å². The summed E-state index contributed by atoms with van der Waals surface area (Å²) in [5.41, 5.74) is 6.08. The number of nitrogens with two attached hydrogens (primary N) is 1. The third-order valence-electron chi connectivity index (χ3n) is 2.48. The number of hydrogen-bond acceptors (Lipinski definition) is 3. The summed E-state index contributed by atoms with van der Waals surface area (Å²) in [5.74, 6) is -1.03. The normalized spacial score (nSPS) is 10.4. The molecule has 7 heteroatoms. The van der Waals surface area contributed by atoms with E-state index in [1.54, 1.807) is 23.0 Å². The minimum absolute atomic E-state index is 0.00866. The van der Waals surface area contributed by atoms with Gasteiger partial charge < -0.3 is 11.1 Å². The van der Waals surface area contributed by atoms with Gasteiger partial charge >= 0.3 is 0 Å². The van der Waals surface area contributed by atoms with Gasteiger partial charge in [-0.2, -0.15) is 5.10 Å². The van der Waals surface area contributed by atoms with Gasteiger partial charge in [0, 0.05) is 12.7 Å². The zero-order chi connectivity index (χ0) is 13.8. The van der Waals surface area contributed by atoms with Crippen LogP contribution in [0.4, 0.5) is 10.1 Å².